The van der Waals surface area contributed by atoms with Crippen molar-refractivity contribution in [3.05, 3.63) is 17.0 Å². The molecule has 1 aromatic rings. The molecule has 1 aromatic heterocycles. The highest BCUT2D eigenvalue weighted by atomic mass is 16.2. The zero-order chi connectivity index (χ0) is 14.4. The predicted octanol–water partition coefficient (Wildman–Crippen LogP) is 0.735. The Morgan fingerprint density at radius 3 is 2.76 bits per heavy atom. The quantitative estimate of drug-likeness (QED) is 0.872. The van der Waals surface area contributed by atoms with E-state index in [0.717, 1.165) is 49.8 Å². The minimum Gasteiger partial charge on any atom is -0.336 e. The maximum Gasteiger partial charge on any atom is 0.275 e. The Labute approximate surface area is 123 Å². The molecule has 6 nitrogen and oxygen atoms in total. The molecule has 6 heteroatoms. The highest BCUT2D eigenvalue weighted by Crippen LogP contribution is 2.29. The summed E-state index contributed by atoms with van der Waals surface area (Å²) in [5.74, 6) is -0.000278. The smallest absolute Gasteiger partial charge is 0.275 e. The molecule has 1 saturated heterocycles. The molecule has 1 saturated carbocycles. The highest BCUT2D eigenvalue weighted by Gasteiger charge is 2.37. The molecule has 0 radical (unpaired) electrons. The number of carbonyl (C=O) groups excluding carboxylic acids is 2. The third kappa shape index (κ3) is 2.22. The third-order valence-electron chi connectivity index (χ3n) is 4.79. The van der Waals surface area contributed by atoms with Crippen molar-refractivity contribution in [3.63, 3.8) is 0 Å². The van der Waals surface area contributed by atoms with Crippen molar-refractivity contribution in [2.24, 2.45) is 0 Å². The number of amides is 2. The van der Waals surface area contributed by atoms with Crippen LogP contribution >= 0.6 is 0 Å². The van der Waals surface area contributed by atoms with Crippen molar-refractivity contribution in [2.45, 2.75) is 44.6 Å². The van der Waals surface area contributed by atoms with E-state index in [1.165, 1.54) is 0 Å². The number of aromatic nitrogens is 2. The number of carbonyl (C=O) groups is 2. The zero-order valence-corrected chi connectivity index (χ0v) is 12.1. The number of aryl methyl sites for hydroxylation is 1. The van der Waals surface area contributed by atoms with E-state index < -0.39 is 0 Å². The lowest BCUT2D eigenvalue weighted by molar-refractivity contribution is -0.135. The van der Waals surface area contributed by atoms with Crippen molar-refractivity contribution < 1.29 is 9.59 Å². The molecule has 21 heavy (non-hydrogen) atoms. The first-order valence-corrected chi connectivity index (χ1v) is 7.89. The van der Waals surface area contributed by atoms with Gasteiger partial charge in [-0.25, -0.2) is 0 Å². The molecule has 112 valence electrons. The van der Waals surface area contributed by atoms with Crippen LogP contribution in [0.3, 0.4) is 0 Å². The molecular weight excluding hydrogens is 268 g/mol. The Morgan fingerprint density at radius 2 is 2.00 bits per heavy atom. The van der Waals surface area contributed by atoms with Gasteiger partial charge in [-0.15, -0.1) is 0 Å². The van der Waals surface area contributed by atoms with Gasteiger partial charge in [0, 0.05) is 30.4 Å². The van der Waals surface area contributed by atoms with Gasteiger partial charge in [-0.3, -0.25) is 14.7 Å². The Kier molecular flexibility index (Phi) is 2.97. The van der Waals surface area contributed by atoms with Gasteiger partial charge in [0.25, 0.3) is 5.91 Å². The molecule has 4 rings (SSSR count). The van der Waals surface area contributed by atoms with Crippen molar-refractivity contribution in [3.8, 4) is 0 Å². The van der Waals surface area contributed by atoms with Gasteiger partial charge in [-0.1, -0.05) is 0 Å². The van der Waals surface area contributed by atoms with Gasteiger partial charge in [0.15, 0.2) is 5.69 Å². The van der Waals surface area contributed by atoms with Crippen LogP contribution in [0.2, 0.25) is 0 Å². The molecule has 0 atom stereocenters. The van der Waals surface area contributed by atoms with Crippen molar-refractivity contribution in [1.82, 2.24) is 20.0 Å². The van der Waals surface area contributed by atoms with Crippen molar-refractivity contribution in [2.75, 3.05) is 19.6 Å². The number of hydrogen-bond donors (Lipinski definition) is 1. The number of nitrogens with one attached hydrogen (secondary N) is 1. The lowest BCUT2D eigenvalue weighted by Gasteiger charge is -2.34. The summed E-state index contributed by atoms with van der Waals surface area (Å²) in [7, 11) is 0. The molecule has 2 fully saturated rings. The Morgan fingerprint density at radius 1 is 1.19 bits per heavy atom. The normalized spacial score (nSPS) is 22.4. The summed E-state index contributed by atoms with van der Waals surface area (Å²) in [5, 5.41) is 7.22. The molecule has 2 aliphatic carbocycles. The second kappa shape index (κ2) is 4.86. The monoisotopic (exact) mass is 288 g/mol. The molecule has 2 amide bonds. The van der Waals surface area contributed by atoms with Crippen molar-refractivity contribution in [1.29, 1.82) is 0 Å². The van der Waals surface area contributed by atoms with Gasteiger partial charge in [-0.2, -0.15) is 5.10 Å². The summed E-state index contributed by atoms with van der Waals surface area (Å²) >= 11 is 0. The van der Waals surface area contributed by atoms with E-state index in [0.29, 0.717) is 24.8 Å². The van der Waals surface area contributed by atoms with E-state index in [1.807, 2.05) is 4.90 Å². The minimum atomic E-state index is -0.0850. The average molecular weight is 288 g/mol. The fraction of sp³-hybridized carbons (Fsp3) is 0.667. The van der Waals surface area contributed by atoms with Crippen LogP contribution in [0.15, 0.2) is 0 Å². The van der Waals surface area contributed by atoms with Gasteiger partial charge < -0.3 is 9.80 Å². The highest BCUT2D eigenvalue weighted by molar-refractivity contribution is 5.97. The molecule has 1 aliphatic heterocycles. The topological polar surface area (TPSA) is 69.3 Å². The summed E-state index contributed by atoms with van der Waals surface area (Å²) in [6.07, 6.45) is 6.40. The number of fused-ring (bicyclic) bond motifs is 1. The van der Waals surface area contributed by atoms with E-state index in [9.17, 15) is 9.59 Å². The number of H-pyrrole nitrogens is 1. The molecular formula is C15H20N4O2. The Hall–Kier alpha value is -1.85. The second-order valence-corrected chi connectivity index (χ2v) is 6.28. The fourth-order valence-electron chi connectivity index (χ4n) is 3.44. The van der Waals surface area contributed by atoms with Crippen LogP contribution in [-0.4, -0.2) is 57.5 Å². The molecule has 0 spiro atoms. The van der Waals surface area contributed by atoms with E-state index >= 15 is 0 Å². The van der Waals surface area contributed by atoms with E-state index in [1.54, 1.807) is 4.90 Å². The molecule has 3 aliphatic rings. The fourth-order valence-corrected chi connectivity index (χ4v) is 3.44. The number of hydrogen-bond acceptors (Lipinski definition) is 3. The van der Waals surface area contributed by atoms with Gasteiger partial charge in [0.1, 0.15) is 6.54 Å². The summed E-state index contributed by atoms with van der Waals surface area (Å²) in [6.45, 7) is 1.50. The average Bonchev–Trinajstić information content (AvgIpc) is 3.25. The van der Waals surface area contributed by atoms with E-state index in [-0.39, 0.29) is 18.4 Å². The van der Waals surface area contributed by atoms with E-state index in [4.69, 9.17) is 0 Å². The third-order valence-corrected chi connectivity index (χ3v) is 4.79. The lowest BCUT2D eigenvalue weighted by Crippen LogP contribution is -2.53. The van der Waals surface area contributed by atoms with Gasteiger partial charge in [-0.05, 0) is 38.5 Å². The van der Waals surface area contributed by atoms with E-state index in [2.05, 4.69) is 10.2 Å². The molecule has 0 unspecified atom stereocenters. The first-order valence-electron chi connectivity index (χ1n) is 7.89. The summed E-state index contributed by atoms with van der Waals surface area (Å²) in [4.78, 5) is 28.4. The summed E-state index contributed by atoms with van der Waals surface area (Å²) in [6, 6.07) is 0.438. The van der Waals surface area contributed by atoms with Crippen LogP contribution in [-0.2, 0) is 17.6 Å². The van der Waals surface area contributed by atoms with Crippen LogP contribution in [0.1, 0.15) is 47.4 Å². The summed E-state index contributed by atoms with van der Waals surface area (Å²) in [5.41, 5.74) is 2.72. The van der Waals surface area contributed by atoms with Crippen LogP contribution in [0.5, 0.6) is 0 Å². The molecule has 0 bridgehead atoms. The Bertz CT molecular complexity index is 590. The standard InChI is InChI=1S/C15H20N4O2/c20-13-9-18(7-8-19(13)10-5-6-10)15(21)14-11-3-1-2-4-12(11)16-17-14/h10H,1-9H2,(H,16,17). The van der Waals surface area contributed by atoms with Crippen LogP contribution in [0.4, 0.5) is 0 Å². The molecule has 2 heterocycles. The number of nitrogens with zero attached hydrogens (tertiary/aromatic N) is 3. The lowest BCUT2D eigenvalue weighted by atomic mass is 9.95. The second-order valence-electron chi connectivity index (χ2n) is 6.28. The maximum absolute atomic E-state index is 12.6. The summed E-state index contributed by atoms with van der Waals surface area (Å²) < 4.78 is 0. The predicted molar refractivity (Wildman–Crippen MR) is 75.9 cm³/mol. The van der Waals surface area contributed by atoms with Gasteiger partial charge in [0.2, 0.25) is 5.91 Å². The minimum absolute atomic E-state index is 0.0847. The van der Waals surface area contributed by atoms with Crippen LogP contribution < -0.4 is 0 Å². The van der Waals surface area contributed by atoms with Crippen LogP contribution in [0.25, 0.3) is 0 Å². The van der Waals surface area contributed by atoms with Crippen LogP contribution in [0, 0.1) is 0 Å². The van der Waals surface area contributed by atoms with Gasteiger partial charge in [0.05, 0.1) is 0 Å². The maximum atomic E-state index is 12.6. The molecule has 0 aromatic carbocycles. The first-order chi connectivity index (χ1) is 10.2. The SMILES string of the molecule is O=C(c1n[nH]c2c1CCCC2)N1CCN(C2CC2)C(=O)C1. The largest absolute Gasteiger partial charge is 0.336 e. The molecule has 1 N–H and O–H groups in total. The number of aromatic amines is 1. The zero-order valence-electron chi connectivity index (χ0n) is 12.1. The first kappa shape index (κ1) is 12.9. The van der Waals surface area contributed by atoms with Gasteiger partial charge >= 0.3 is 0 Å². The Balaban J connectivity index is 1.50. The van der Waals surface area contributed by atoms with Crippen molar-refractivity contribution >= 4 is 11.8 Å². The number of piperazine rings is 1. The number of rotatable bonds is 2.